The molecule has 2 nitrogen and oxygen atoms in total. The number of nitrogens with one attached hydrogen (secondary N) is 1. The lowest BCUT2D eigenvalue weighted by Crippen LogP contribution is -2.33. The molecular formula is C7H14ClNO. The monoisotopic (exact) mass is 163 g/mol. The van der Waals surface area contributed by atoms with Crippen molar-refractivity contribution in [2.75, 3.05) is 13.7 Å². The molecule has 0 radical (unpaired) electrons. The molecule has 3 heteroatoms. The number of halogens is 1. The second-order valence-electron chi connectivity index (χ2n) is 3.10. The molecule has 2 aliphatic rings. The van der Waals surface area contributed by atoms with Gasteiger partial charge in [-0.25, -0.2) is 0 Å². The van der Waals surface area contributed by atoms with Crippen LogP contribution in [-0.2, 0) is 4.74 Å². The molecular weight excluding hydrogens is 150 g/mol. The molecule has 1 aliphatic heterocycles. The molecule has 2 fully saturated rings. The van der Waals surface area contributed by atoms with Crippen molar-refractivity contribution in [2.24, 2.45) is 0 Å². The summed E-state index contributed by atoms with van der Waals surface area (Å²) in [5, 5.41) is 3.48. The zero-order valence-electron chi connectivity index (χ0n) is 6.22. The molecule has 1 unspecified atom stereocenters. The highest BCUT2D eigenvalue weighted by molar-refractivity contribution is 5.85. The fourth-order valence-electron chi connectivity index (χ4n) is 1.82. The Morgan fingerprint density at radius 2 is 2.20 bits per heavy atom. The van der Waals surface area contributed by atoms with E-state index in [1.807, 2.05) is 7.11 Å². The van der Waals surface area contributed by atoms with Gasteiger partial charge in [0.05, 0.1) is 6.10 Å². The second-order valence-corrected chi connectivity index (χ2v) is 3.10. The quantitative estimate of drug-likeness (QED) is 0.622. The minimum Gasteiger partial charge on any atom is -0.379 e. The number of hydrogen-bond acceptors (Lipinski definition) is 2. The Kier molecular flexibility index (Phi) is 2.23. The summed E-state index contributed by atoms with van der Waals surface area (Å²) in [6.07, 6.45) is 4.37. The Morgan fingerprint density at radius 3 is 2.60 bits per heavy atom. The number of methoxy groups -OCH3 is 1. The van der Waals surface area contributed by atoms with E-state index in [4.69, 9.17) is 4.74 Å². The standard InChI is InChI=1S/C7H13NO.ClH/c1-9-6-2-5-8-7(6)3-4-7;/h6,8H,2-5H2,1H3;1H. The first-order chi connectivity index (χ1) is 4.37. The maximum Gasteiger partial charge on any atom is 0.0764 e. The van der Waals surface area contributed by atoms with Crippen LogP contribution in [-0.4, -0.2) is 25.3 Å². The van der Waals surface area contributed by atoms with E-state index >= 15 is 0 Å². The lowest BCUT2D eigenvalue weighted by atomic mass is 10.1. The van der Waals surface area contributed by atoms with E-state index in [2.05, 4.69) is 5.32 Å². The first-order valence-corrected chi connectivity index (χ1v) is 3.65. The van der Waals surface area contributed by atoms with Gasteiger partial charge in [-0.2, -0.15) is 0 Å². The first kappa shape index (κ1) is 8.31. The van der Waals surface area contributed by atoms with E-state index < -0.39 is 0 Å². The fraction of sp³-hybridized carbons (Fsp3) is 1.00. The van der Waals surface area contributed by atoms with Gasteiger partial charge in [0.1, 0.15) is 0 Å². The van der Waals surface area contributed by atoms with Crippen LogP contribution in [0.1, 0.15) is 19.3 Å². The van der Waals surface area contributed by atoms with Crippen LogP contribution in [0.4, 0.5) is 0 Å². The predicted molar refractivity (Wildman–Crippen MR) is 42.6 cm³/mol. The Hall–Kier alpha value is 0.210. The van der Waals surface area contributed by atoms with Gasteiger partial charge in [0.2, 0.25) is 0 Å². The minimum atomic E-state index is 0. The van der Waals surface area contributed by atoms with E-state index in [-0.39, 0.29) is 12.4 Å². The summed E-state index contributed by atoms with van der Waals surface area (Å²) in [5.74, 6) is 0. The molecule has 1 saturated heterocycles. The van der Waals surface area contributed by atoms with Gasteiger partial charge in [-0.15, -0.1) is 12.4 Å². The van der Waals surface area contributed by atoms with Crippen LogP contribution in [0.3, 0.4) is 0 Å². The smallest absolute Gasteiger partial charge is 0.0764 e. The molecule has 10 heavy (non-hydrogen) atoms. The van der Waals surface area contributed by atoms with Gasteiger partial charge < -0.3 is 10.1 Å². The summed E-state index contributed by atoms with van der Waals surface area (Å²) in [6.45, 7) is 1.15. The Morgan fingerprint density at radius 1 is 1.50 bits per heavy atom. The van der Waals surface area contributed by atoms with E-state index in [0.29, 0.717) is 11.6 Å². The van der Waals surface area contributed by atoms with Crippen LogP contribution in [0.25, 0.3) is 0 Å². The third-order valence-corrected chi connectivity index (χ3v) is 2.57. The van der Waals surface area contributed by atoms with Crippen molar-refractivity contribution in [3.05, 3.63) is 0 Å². The Labute approximate surface area is 67.7 Å². The van der Waals surface area contributed by atoms with Crippen molar-refractivity contribution in [3.8, 4) is 0 Å². The summed E-state index contributed by atoms with van der Waals surface area (Å²) >= 11 is 0. The van der Waals surface area contributed by atoms with Gasteiger partial charge in [-0.1, -0.05) is 0 Å². The van der Waals surface area contributed by atoms with Crippen LogP contribution in [0.2, 0.25) is 0 Å². The van der Waals surface area contributed by atoms with Crippen LogP contribution >= 0.6 is 12.4 Å². The summed E-state index contributed by atoms with van der Waals surface area (Å²) in [5.41, 5.74) is 0.439. The second kappa shape index (κ2) is 2.68. The topological polar surface area (TPSA) is 21.3 Å². The van der Waals surface area contributed by atoms with Crippen molar-refractivity contribution in [2.45, 2.75) is 30.9 Å². The van der Waals surface area contributed by atoms with E-state index in [9.17, 15) is 0 Å². The molecule has 60 valence electrons. The average Bonchev–Trinajstić information content (AvgIpc) is 2.45. The lowest BCUT2D eigenvalue weighted by molar-refractivity contribution is 0.0843. The van der Waals surface area contributed by atoms with Crippen LogP contribution in [0, 0.1) is 0 Å². The Balaban J connectivity index is 0.000000500. The molecule has 1 atom stereocenters. The van der Waals surface area contributed by atoms with Gasteiger partial charge in [-0.3, -0.25) is 0 Å². The highest BCUT2D eigenvalue weighted by atomic mass is 35.5. The first-order valence-electron chi connectivity index (χ1n) is 3.65. The summed E-state index contributed by atoms with van der Waals surface area (Å²) < 4.78 is 5.33. The molecule has 1 spiro atoms. The fourth-order valence-corrected chi connectivity index (χ4v) is 1.82. The third-order valence-electron chi connectivity index (χ3n) is 2.57. The van der Waals surface area contributed by atoms with Crippen molar-refractivity contribution in [1.82, 2.24) is 5.32 Å². The summed E-state index contributed by atoms with van der Waals surface area (Å²) in [6, 6.07) is 0. The zero-order chi connectivity index (χ0) is 6.32. The van der Waals surface area contributed by atoms with Crippen LogP contribution in [0.5, 0.6) is 0 Å². The van der Waals surface area contributed by atoms with E-state index in [1.165, 1.54) is 19.3 Å². The number of ether oxygens (including phenoxy) is 1. The molecule has 0 amide bonds. The van der Waals surface area contributed by atoms with Gasteiger partial charge in [0, 0.05) is 12.6 Å². The largest absolute Gasteiger partial charge is 0.379 e. The third kappa shape index (κ3) is 1.04. The Bertz CT molecular complexity index is 125. The SMILES string of the molecule is COC1CCNC12CC2.Cl. The molecule has 1 aliphatic carbocycles. The minimum absolute atomic E-state index is 0. The molecule has 2 rings (SSSR count). The molecule has 1 heterocycles. The van der Waals surface area contributed by atoms with Crippen molar-refractivity contribution in [3.63, 3.8) is 0 Å². The maximum absolute atomic E-state index is 5.33. The summed E-state index contributed by atoms with van der Waals surface area (Å²) in [4.78, 5) is 0. The number of rotatable bonds is 1. The summed E-state index contributed by atoms with van der Waals surface area (Å²) in [7, 11) is 1.82. The molecule has 0 aromatic rings. The lowest BCUT2D eigenvalue weighted by Gasteiger charge is -2.15. The van der Waals surface area contributed by atoms with Crippen molar-refractivity contribution < 1.29 is 4.74 Å². The van der Waals surface area contributed by atoms with Gasteiger partial charge in [0.25, 0.3) is 0 Å². The molecule has 0 aromatic heterocycles. The molecule has 0 bridgehead atoms. The average molecular weight is 164 g/mol. The van der Waals surface area contributed by atoms with Crippen molar-refractivity contribution >= 4 is 12.4 Å². The van der Waals surface area contributed by atoms with E-state index in [0.717, 1.165) is 6.54 Å². The number of hydrogen-bond donors (Lipinski definition) is 1. The van der Waals surface area contributed by atoms with E-state index in [1.54, 1.807) is 0 Å². The predicted octanol–water partition coefficient (Wildman–Crippen LogP) is 0.949. The highest BCUT2D eigenvalue weighted by Crippen LogP contribution is 2.43. The molecule has 1 saturated carbocycles. The van der Waals surface area contributed by atoms with Gasteiger partial charge >= 0.3 is 0 Å². The van der Waals surface area contributed by atoms with Crippen LogP contribution in [0.15, 0.2) is 0 Å². The van der Waals surface area contributed by atoms with Crippen LogP contribution < -0.4 is 5.32 Å². The zero-order valence-corrected chi connectivity index (χ0v) is 7.04. The highest BCUT2D eigenvalue weighted by Gasteiger charge is 2.52. The van der Waals surface area contributed by atoms with Gasteiger partial charge in [0.15, 0.2) is 0 Å². The normalized spacial score (nSPS) is 33.9. The van der Waals surface area contributed by atoms with Gasteiger partial charge in [-0.05, 0) is 25.8 Å². The molecule has 0 aromatic carbocycles. The van der Waals surface area contributed by atoms with Crippen molar-refractivity contribution in [1.29, 1.82) is 0 Å². The maximum atomic E-state index is 5.33. The molecule has 1 N–H and O–H groups in total.